The summed E-state index contributed by atoms with van der Waals surface area (Å²) in [4.78, 5) is 56.2. The number of ether oxygens (including phenoxy) is 6. The number of fused-ring (bicyclic) bond motifs is 3. The highest BCUT2D eigenvalue weighted by Crippen LogP contribution is 2.54. The first kappa shape index (κ1) is 92.4. The molecule has 12 rings (SSSR count). The molecule has 0 amide bonds. The maximum Gasteiger partial charge on any atom is 0.459 e. The average Bonchev–Trinajstić information content (AvgIpc) is 1.60. The van der Waals surface area contributed by atoms with E-state index in [0.29, 0.717) is 0 Å². The van der Waals surface area contributed by atoms with E-state index in [9.17, 15) is 56.6 Å². The van der Waals surface area contributed by atoms with Crippen LogP contribution in [-0.2, 0) is 70.1 Å². The molecule has 33 nitrogen and oxygen atoms in total. The summed E-state index contributed by atoms with van der Waals surface area (Å²) in [6, 6.07) is 21.4. The molecule has 18 atom stereocenters. The molecule has 9 aromatic rings. The molecule has 0 bridgehead atoms. The Bertz CT molecular complexity index is 4630. The number of para-hydroxylation sites is 3. The summed E-state index contributed by atoms with van der Waals surface area (Å²) < 4.78 is 156. The van der Waals surface area contributed by atoms with Crippen molar-refractivity contribution in [2.24, 2.45) is 0 Å². The van der Waals surface area contributed by atoms with Crippen LogP contribution in [0.3, 0.4) is 0 Å². The molecule has 3 fully saturated rings. The van der Waals surface area contributed by atoms with E-state index in [2.05, 4.69) is 45.2 Å². The molecular weight excluding hydrogens is 1730 g/mol. The second kappa shape index (κ2) is 38.4. The van der Waals surface area contributed by atoms with E-state index < -0.39 is 185 Å². The van der Waals surface area contributed by atoms with Gasteiger partial charge >= 0.3 is 41.1 Å². The van der Waals surface area contributed by atoms with Gasteiger partial charge in [-0.05, 0) is 119 Å². The third-order valence-corrected chi connectivity index (χ3v) is 24.8. The van der Waals surface area contributed by atoms with Crippen molar-refractivity contribution in [3.8, 4) is 17.2 Å². The number of benzene rings is 3. The first-order valence-electron chi connectivity index (χ1n) is 36.0. The van der Waals surface area contributed by atoms with Crippen molar-refractivity contribution in [2.45, 2.75) is 189 Å². The molecule has 3 aliphatic rings. The number of hydrogen-bond acceptors (Lipinski definition) is 27. The largest absolute Gasteiger partial charge is 0.462 e. The van der Waals surface area contributed by atoms with Gasteiger partial charge in [0.15, 0.2) is 36.1 Å². The van der Waals surface area contributed by atoms with Crippen molar-refractivity contribution >= 4 is 144 Å². The van der Waals surface area contributed by atoms with E-state index in [1.165, 1.54) is 55.2 Å². The summed E-state index contributed by atoms with van der Waals surface area (Å²) in [5, 5.41) is 40.3. The lowest BCUT2D eigenvalue weighted by molar-refractivity contribution is -0.150. The van der Waals surface area contributed by atoms with E-state index in [1.807, 2.05) is 0 Å². The number of carbonyl (C=O) groups excluding carboxylic acids is 3. The first-order chi connectivity index (χ1) is 55.0. The zero-order valence-corrected chi connectivity index (χ0v) is 71.6. The maximum atomic E-state index is 14.7. The molecule has 6 N–H and O–H groups in total. The highest BCUT2D eigenvalue weighted by atomic mass is 35.5. The highest BCUT2D eigenvalue weighted by molar-refractivity contribution is 7.52. The molecule has 6 aromatic heterocycles. The van der Waals surface area contributed by atoms with Gasteiger partial charge in [-0.3, -0.25) is 28.0 Å². The van der Waals surface area contributed by atoms with Gasteiger partial charge in [0.2, 0.25) is 0 Å². The van der Waals surface area contributed by atoms with Crippen molar-refractivity contribution in [3.05, 3.63) is 161 Å². The van der Waals surface area contributed by atoms with Crippen molar-refractivity contribution in [3.63, 3.8) is 0 Å². The Kier molecular flexibility index (Phi) is 30.3. The average molecular weight is 1820 g/mol. The van der Waals surface area contributed by atoms with Gasteiger partial charge < -0.3 is 71.0 Å². The minimum Gasteiger partial charge on any atom is -0.462 e. The Morgan fingerprint density at radius 3 is 0.889 bits per heavy atom. The molecular formula is C72H84Cl6F3N12O21P3. The summed E-state index contributed by atoms with van der Waals surface area (Å²) >= 11 is 38.2. The van der Waals surface area contributed by atoms with E-state index in [1.54, 1.807) is 133 Å². The van der Waals surface area contributed by atoms with Crippen LogP contribution in [0.4, 0.5) is 13.2 Å². The van der Waals surface area contributed by atoms with Gasteiger partial charge in [-0.25, -0.2) is 56.8 Å². The Balaban J connectivity index is 0.000000185. The zero-order chi connectivity index (χ0) is 85.6. The second-order valence-electron chi connectivity index (χ2n) is 28.2. The number of nitrogens with zero attached hydrogens (tertiary/aromatic N) is 9. The molecule has 117 heavy (non-hydrogen) atoms. The van der Waals surface area contributed by atoms with Gasteiger partial charge in [-0.2, -0.15) is 15.3 Å². The standard InChI is InChI=1S/3C24H28Cl2FN4O7P/c3*1-13(2)36-22(33)14(3)30-39(34,38-15-8-6-5-7-9-15)35-11-17-19(32)24(4,26)23(37-17)31-10-16(27)18-20(25)28-12-29-21(18)31/h3*5-10,12-14,17,19,23,32H,11H2,1-4H3,(H,30,34)/t14-,17-,19-,23-,24-,39?;14-,17-,19-,23-,24-,39+;14-,17-,19-,23-,24-,39-/m111/s1. The van der Waals surface area contributed by atoms with Gasteiger partial charge in [0.25, 0.3) is 0 Å². The number of carbonyl (C=O) groups is 3. The van der Waals surface area contributed by atoms with Crippen LogP contribution in [-0.4, -0.2) is 184 Å². The number of aromatic nitrogens is 9. The monoisotopic (exact) mass is 1810 g/mol. The third kappa shape index (κ3) is 21.9. The lowest BCUT2D eigenvalue weighted by atomic mass is 10.0. The molecule has 0 radical (unpaired) electrons. The fourth-order valence-electron chi connectivity index (χ4n) is 12.1. The van der Waals surface area contributed by atoms with Crippen molar-refractivity contribution < 1.29 is 112 Å². The molecule has 9 heterocycles. The van der Waals surface area contributed by atoms with Crippen molar-refractivity contribution in [1.82, 2.24) is 58.9 Å². The molecule has 3 aliphatic heterocycles. The fraction of sp³-hybridized carbons (Fsp3) is 0.458. The maximum absolute atomic E-state index is 14.7. The zero-order valence-electron chi connectivity index (χ0n) is 64.4. The van der Waals surface area contributed by atoms with Crippen LogP contribution in [0.1, 0.15) is 102 Å². The number of aliphatic hydroxyl groups excluding tert-OH is 3. The summed E-state index contributed by atoms with van der Waals surface area (Å²) in [7, 11) is -12.7. The molecule has 636 valence electrons. The summed E-state index contributed by atoms with van der Waals surface area (Å²) in [5.41, 5.74) is 0.321. The highest BCUT2D eigenvalue weighted by Gasteiger charge is 2.57. The first-order valence-corrected chi connectivity index (χ1v) is 42.9. The molecule has 0 saturated carbocycles. The van der Waals surface area contributed by atoms with Crippen LogP contribution in [0.15, 0.2) is 129 Å². The summed E-state index contributed by atoms with van der Waals surface area (Å²) in [6.45, 7) is 17.5. The lowest BCUT2D eigenvalue weighted by Gasteiger charge is -2.26. The fourth-order valence-corrected chi connectivity index (χ4v) is 18.2. The van der Waals surface area contributed by atoms with Crippen LogP contribution in [0.2, 0.25) is 15.5 Å². The second-order valence-corrected chi connectivity index (χ2v) is 36.8. The number of halogens is 9. The summed E-state index contributed by atoms with van der Waals surface area (Å²) in [5.74, 6) is -3.49. The predicted molar refractivity (Wildman–Crippen MR) is 423 cm³/mol. The molecule has 45 heteroatoms. The van der Waals surface area contributed by atoms with E-state index in [4.69, 9.17) is 125 Å². The predicted octanol–water partition coefficient (Wildman–Crippen LogP) is 13.8. The van der Waals surface area contributed by atoms with Gasteiger partial charge in [0.05, 0.1) is 54.3 Å². The van der Waals surface area contributed by atoms with Crippen LogP contribution in [0, 0.1) is 17.5 Å². The third-order valence-electron chi connectivity index (χ3n) is 17.8. The molecule has 3 saturated heterocycles. The molecule has 0 spiro atoms. The molecule has 3 aromatic carbocycles. The Morgan fingerprint density at radius 2 is 0.667 bits per heavy atom. The minimum atomic E-state index is -4.24. The lowest BCUT2D eigenvalue weighted by Crippen LogP contribution is -2.40. The number of alkyl halides is 3. The number of nitrogens with one attached hydrogen (secondary N) is 3. The quantitative estimate of drug-likeness (QED) is 0.00800. The number of rotatable bonds is 30. The van der Waals surface area contributed by atoms with E-state index in [-0.39, 0.29) is 65.8 Å². The number of esters is 3. The topological polar surface area (TPSA) is 402 Å². The number of aliphatic hydroxyl groups is 3. The van der Waals surface area contributed by atoms with Gasteiger partial charge in [-0.15, -0.1) is 34.8 Å². The van der Waals surface area contributed by atoms with Gasteiger partial charge in [0.1, 0.15) is 138 Å². The van der Waals surface area contributed by atoms with Gasteiger partial charge in [-0.1, -0.05) is 89.4 Å². The number of hydrogen-bond donors (Lipinski definition) is 6. The molecule has 1 unspecified atom stereocenters. The van der Waals surface area contributed by atoms with Gasteiger partial charge in [0, 0.05) is 18.6 Å². The van der Waals surface area contributed by atoms with E-state index in [0.717, 1.165) is 37.6 Å². The SMILES string of the molecule is CC(C)OC(=O)[C@@H](C)NP(=O)(OC[C@H]1O[C@@H](n2cc(F)c3c(Cl)ncnc32)[C@](C)(Cl)[C@@H]1O)Oc1ccccc1.CC(C)OC(=O)[C@@H](C)N[P@@](=O)(OC[C@H]1O[C@@H](n2cc(F)c3c(Cl)ncnc32)[C@](C)(Cl)[C@@H]1O)Oc1ccccc1.CC(C)OC(=O)[C@@H](C)N[P@](=O)(OC[C@H]1O[C@@H](n2cc(F)c3c(Cl)ncnc32)[C@](C)(Cl)[C@@H]1O)Oc1ccccc1. The van der Waals surface area contributed by atoms with Crippen LogP contribution in [0.5, 0.6) is 17.2 Å². The van der Waals surface area contributed by atoms with Crippen molar-refractivity contribution in [1.29, 1.82) is 0 Å². The Labute approximate surface area is 698 Å². The van der Waals surface area contributed by atoms with Crippen LogP contribution < -0.4 is 28.8 Å². The van der Waals surface area contributed by atoms with Crippen molar-refractivity contribution in [2.75, 3.05) is 19.8 Å². The smallest absolute Gasteiger partial charge is 0.459 e. The minimum absolute atomic E-state index is 0.0309. The molecule has 0 aliphatic carbocycles. The Hall–Kier alpha value is -6.93. The Morgan fingerprint density at radius 1 is 0.436 bits per heavy atom. The van der Waals surface area contributed by atoms with Crippen LogP contribution >= 0.6 is 92.8 Å². The normalized spacial score (nSPS) is 25.5. The van der Waals surface area contributed by atoms with E-state index >= 15 is 0 Å². The summed E-state index contributed by atoms with van der Waals surface area (Å²) in [6.07, 6.45) is -5.29. The van der Waals surface area contributed by atoms with Crippen LogP contribution in [0.25, 0.3) is 33.1 Å².